The summed E-state index contributed by atoms with van der Waals surface area (Å²) in [4.78, 5) is 27.8. The molecule has 2 aromatic heterocycles. The summed E-state index contributed by atoms with van der Waals surface area (Å²) in [6.07, 6.45) is 1.37. The second-order valence-electron chi connectivity index (χ2n) is 4.86. The second-order valence-corrected chi connectivity index (χ2v) is 4.86. The summed E-state index contributed by atoms with van der Waals surface area (Å²) in [7, 11) is 0. The number of benzene rings is 1. The molecule has 1 amide bonds. The average Bonchev–Trinajstić information content (AvgIpc) is 3.25. The number of carbonyl (C=O) groups is 2. The molecule has 24 heavy (non-hydrogen) atoms. The van der Waals surface area contributed by atoms with Crippen molar-refractivity contribution in [1.29, 1.82) is 0 Å². The molecule has 0 spiro atoms. The van der Waals surface area contributed by atoms with Crippen LogP contribution in [-0.2, 0) is 9.53 Å². The molecule has 0 saturated heterocycles. The van der Waals surface area contributed by atoms with Crippen molar-refractivity contribution in [2.45, 2.75) is 6.92 Å². The van der Waals surface area contributed by atoms with Crippen LogP contribution in [0.25, 0.3) is 11.4 Å². The van der Waals surface area contributed by atoms with E-state index in [1.807, 2.05) is 0 Å². The number of esters is 1. The predicted octanol–water partition coefficient (Wildman–Crippen LogP) is 1.56. The van der Waals surface area contributed by atoms with Crippen molar-refractivity contribution in [2.75, 3.05) is 11.9 Å². The van der Waals surface area contributed by atoms with E-state index in [0.29, 0.717) is 22.7 Å². The molecule has 9 nitrogen and oxygen atoms in total. The number of anilines is 1. The molecule has 122 valence electrons. The van der Waals surface area contributed by atoms with Gasteiger partial charge in [-0.1, -0.05) is 17.3 Å². The van der Waals surface area contributed by atoms with Gasteiger partial charge in [0.2, 0.25) is 0 Å². The molecule has 3 rings (SSSR count). The van der Waals surface area contributed by atoms with Gasteiger partial charge >= 0.3 is 5.97 Å². The van der Waals surface area contributed by atoms with E-state index in [4.69, 9.17) is 9.26 Å². The van der Waals surface area contributed by atoms with Gasteiger partial charge < -0.3 is 14.6 Å². The number of carbonyl (C=O) groups excluding carboxylic acids is 2. The summed E-state index contributed by atoms with van der Waals surface area (Å²) in [5.41, 5.74) is 0.985. The highest BCUT2D eigenvalue weighted by atomic mass is 16.5. The topological polar surface area (TPSA) is 123 Å². The number of nitrogens with one attached hydrogen (secondary N) is 2. The maximum absolute atomic E-state index is 12.0. The number of aryl methyl sites for hydroxylation is 1. The Balaban J connectivity index is 1.59. The fourth-order valence-corrected chi connectivity index (χ4v) is 1.96. The van der Waals surface area contributed by atoms with Gasteiger partial charge in [0.1, 0.15) is 12.1 Å². The Labute approximate surface area is 136 Å². The monoisotopic (exact) mass is 327 g/mol. The first-order chi connectivity index (χ1) is 11.6. The van der Waals surface area contributed by atoms with Gasteiger partial charge in [-0.25, -0.2) is 9.78 Å². The van der Waals surface area contributed by atoms with Crippen LogP contribution in [0.4, 0.5) is 5.82 Å². The van der Waals surface area contributed by atoms with E-state index in [1.54, 1.807) is 37.3 Å². The Morgan fingerprint density at radius 3 is 2.92 bits per heavy atom. The fraction of sp³-hybridized carbons (Fsp3) is 0.133. The maximum atomic E-state index is 12.0. The molecule has 0 saturated carbocycles. The fourth-order valence-electron chi connectivity index (χ4n) is 1.96. The minimum atomic E-state index is -0.622. The van der Waals surface area contributed by atoms with Gasteiger partial charge in [-0.2, -0.15) is 5.10 Å². The summed E-state index contributed by atoms with van der Waals surface area (Å²) in [5, 5.41) is 12.5. The van der Waals surface area contributed by atoms with Crippen LogP contribution < -0.4 is 5.32 Å². The highest BCUT2D eigenvalue weighted by molar-refractivity contribution is 5.95. The molecule has 0 radical (unpaired) electrons. The zero-order valence-corrected chi connectivity index (χ0v) is 12.6. The van der Waals surface area contributed by atoms with Crippen molar-refractivity contribution in [2.24, 2.45) is 0 Å². The lowest BCUT2D eigenvalue weighted by atomic mass is 10.1. The van der Waals surface area contributed by atoms with Crippen molar-refractivity contribution >= 4 is 17.7 Å². The molecule has 1 aromatic carbocycles. The Bertz CT molecular complexity index is 856. The first-order valence-corrected chi connectivity index (χ1v) is 6.98. The lowest BCUT2D eigenvalue weighted by Crippen LogP contribution is -2.21. The number of amides is 1. The molecule has 0 aliphatic heterocycles. The summed E-state index contributed by atoms with van der Waals surface area (Å²) in [6, 6.07) is 8.20. The molecule has 0 aliphatic carbocycles. The second kappa shape index (κ2) is 6.73. The summed E-state index contributed by atoms with van der Waals surface area (Å²) >= 11 is 0. The number of nitrogens with zero attached hydrogens (tertiary/aromatic N) is 3. The van der Waals surface area contributed by atoms with Gasteiger partial charge in [0.05, 0.1) is 5.56 Å². The van der Waals surface area contributed by atoms with E-state index in [0.717, 1.165) is 0 Å². The number of H-pyrrole nitrogens is 1. The van der Waals surface area contributed by atoms with Crippen molar-refractivity contribution in [3.8, 4) is 11.4 Å². The molecule has 9 heteroatoms. The summed E-state index contributed by atoms with van der Waals surface area (Å²) in [6.45, 7) is 1.27. The lowest BCUT2D eigenvalue weighted by molar-refractivity contribution is -0.119. The molecule has 2 N–H and O–H groups in total. The number of hydrogen-bond donors (Lipinski definition) is 2. The van der Waals surface area contributed by atoms with Crippen LogP contribution >= 0.6 is 0 Å². The van der Waals surface area contributed by atoms with Gasteiger partial charge in [-0.3, -0.25) is 9.89 Å². The maximum Gasteiger partial charge on any atom is 0.338 e. The smallest absolute Gasteiger partial charge is 0.338 e. The van der Waals surface area contributed by atoms with E-state index in [-0.39, 0.29) is 5.82 Å². The van der Waals surface area contributed by atoms with Crippen molar-refractivity contribution < 1.29 is 18.8 Å². The minimum Gasteiger partial charge on any atom is -0.452 e. The number of aromatic amines is 1. The zero-order valence-electron chi connectivity index (χ0n) is 12.6. The third-order valence-electron chi connectivity index (χ3n) is 3.02. The van der Waals surface area contributed by atoms with Crippen LogP contribution in [-0.4, -0.2) is 38.8 Å². The van der Waals surface area contributed by atoms with Crippen LogP contribution in [0, 0.1) is 6.92 Å². The van der Waals surface area contributed by atoms with E-state index in [9.17, 15) is 9.59 Å². The van der Waals surface area contributed by atoms with Crippen LogP contribution in [0.15, 0.2) is 41.2 Å². The molecular formula is C15H13N5O4. The number of ether oxygens (including phenoxy) is 1. The minimum absolute atomic E-state index is 0.265. The molecule has 0 bridgehead atoms. The zero-order chi connectivity index (χ0) is 16.9. The Kier molecular flexibility index (Phi) is 4.32. The van der Waals surface area contributed by atoms with Gasteiger partial charge in [0, 0.05) is 11.6 Å². The number of rotatable bonds is 5. The molecule has 0 fully saturated rings. The predicted molar refractivity (Wildman–Crippen MR) is 82.0 cm³/mol. The van der Waals surface area contributed by atoms with Crippen LogP contribution in [0.2, 0.25) is 0 Å². The number of hydrogen-bond acceptors (Lipinski definition) is 7. The van der Waals surface area contributed by atoms with Crippen LogP contribution in [0.5, 0.6) is 0 Å². The summed E-state index contributed by atoms with van der Waals surface area (Å²) in [5.74, 6) is 0.224. The average molecular weight is 327 g/mol. The molecule has 0 atom stereocenters. The van der Waals surface area contributed by atoms with Crippen molar-refractivity contribution in [3.05, 3.63) is 48.0 Å². The van der Waals surface area contributed by atoms with E-state index >= 15 is 0 Å². The molecule has 3 aromatic rings. The van der Waals surface area contributed by atoms with Crippen molar-refractivity contribution in [3.63, 3.8) is 0 Å². The largest absolute Gasteiger partial charge is 0.452 e. The van der Waals surface area contributed by atoms with Gasteiger partial charge in [0.25, 0.3) is 5.91 Å². The Morgan fingerprint density at radius 1 is 1.33 bits per heavy atom. The normalized spacial score (nSPS) is 10.4. The van der Waals surface area contributed by atoms with Gasteiger partial charge in [0.15, 0.2) is 18.2 Å². The Hall–Kier alpha value is -3.49. The van der Waals surface area contributed by atoms with Crippen LogP contribution in [0.1, 0.15) is 16.1 Å². The van der Waals surface area contributed by atoms with Gasteiger partial charge in [-0.05, 0) is 19.1 Å². The number of aromatic nitrogens is 4. The first-order valence-electron chi connectivity index (χ1n) is 6.98. The summed E-state index contributed by atoms with van der Waals surface area (Å²) < 4.78 is 9.81. The highest BCUT2D eigenvalue weighted by Gasteiger charge is 2.13. The van der Waals surface area contributed by atoms with Crippen LogP contribution in [0.3, 0.4) is 0 Å². The quantitative estimate of drug-likeness (QED) is 0.682. The third kappa shape index (κ3) is 3.64. The van der Waals surface area contributed by atoms with E-state index in [2.05, 4.69) is 25.7 Å². The van der Waals surface area contributed by atoms with E-state index < -0.39 is 18.5 Å². The SMILES string of the molecule is Cc1cc(NC(=O)COC(=O)c2cccc(-c3ncn[nH]3)c2)no1. The first kappa shape index (κ1) is 15.4. The van der Waals surface area contributed by atoms with Gasteiger partial charge in [-0.15, -0.1) is 0 Å². The highest BCUT2D eigenvalue weighted by Crippen LogP contribution is 2.16. The standard InChI is InChI=1S/C15H13N5O4/c1-9-5-12(20-24-9)18-13(21)7-23-15(22)11-4-2-3-10(6-11)14-16-8-17-19-14/h2-6,8H,7H2,1H3,(H,16,17,19)(H,18,20,21). The molecule has 2 heterocycles. The lowest BCUT2D eigenvalue weighted by Gasteiger charge is -2.05. The van der Waals surface area contributed by atoms with Crippen molar-refractivity contribution in [1.82, 2.24) is 20.3 Å². The molecule has 0 aliphatic rings. The third-order valence-corrected chi connectivity index (χ3v) is 3.02. The molecular weight excluding hydrogens is 314 g/mol. The van der Waals surface area contributed by atoms with E-state index in [1.165, 1.54) is 6.33 Å². The molecule has 0 unspecified atom stereocenters. The Morgan fingerprint density at radius 2 is 2.21 bits per heavy atom.